The highest BCUT2D eigenvalue weighted by Crippen LogP contribution is 2.17. The molecule has 0 amide bonds. The maximum atomic E-state index is 9.07. The van der Waals surface area contributed by atoms with Crippen LogP contribution >= 0.6 is 0 Å². The molecule has 0 unspecified atom stereocenters. The Labute approximate surface area is 59.1 Å². The second-order valence-electron chi connectivity index (χ2n) is 2.60. The van der Waals surface area contributed by atoms with Crippen molar-refractivity contribution in [2.75, 3.05) is 0 Å². The summed E-state index contributed by atoms with van der Waals surface area (Å²) in [5.41, 5.74) is 0. The van der Waals surface area contributed by atoms with E-state index in [-0.39, 0.29) is 6.42 Å². The molecule has 3 N–H and O–H groups in total. The first-order chi connectivity index (χ1) is 4.61. The van der Waals surface area contributed by atoms with Gasteiger partial charge in [0, 0.05) is 6.42 Å². The van der Waals surface area contributed by atoms with E-state index in [9.17, 15) is 0 Å². The number of aliphatic hydroxyl groups is 3. The molecule has 4 nitrogen and oxygen atoms in total. The lowest BCUT2D eigenvalue weighted by atomic mass is 10.0. The van der Waals surface area contributed by atoms with Crippen LogP contribution in [0.4, 0.5) is 0 Å². The smallest absolute Gasteiger partial charge is 0.181 e. The van der Waals surface area contributed by atoms with E-state index >= 15 is 0 Å². The van der Waals surface area contributed by atoms with E-state index < -0.39 is 24.6 Å². The highest BCUT2D eigenvalue weighted by molar-refractivity contribution is 4.76. The van der Waals surface area contributed by atoms with Gasteiger partial charge in [-0.15, -0.1) is 0 Å². The molecule has 1 aliphatic heterocycles. The highest BCUT2D eigenvalue weighted by atomic mass is 16.6. The number of rotatable bonds is 0. The van der Waals surface area contributed by atoms with E-state index in [1.54, 1.807) is 6.92 Å². The van der Waals surface area contributed by atoms with Gasteiger partial charge in [0.05, 0.1) is 12.2 Å². The number of ether oxygens (including phenoxy) is 1. The van der Waals surface area contributed by atoms with Crippen LogP contribution in [0.1, 0.15) is 13.3 Å². The van der Waals surface area contributed by atoms with Crippen molar-refractivity contribution < 1.29 is 20.1 Å². The molecule has 0 aliphatic carbocycles. The largest absolute Gasteiger partial charge is 0.390 e. The summed E-state index contributed by atoms with van der Waals surface area (Å²) in [6.07, 6.45) is -2.97. The van der Waals surface area contributed by atoms with Crippen molar-refractivity contribution in [3.8, 4) is 0 Å². The highest BCUT2D eigenvalue weighted by Gasteiger charge is 2.32. The Morgan fingerprint density at radius 1 is 1.20 bits per heavy atom. The van der Waals surface area contributed by atoms with Crippen molar-refractivity contribution in [2.45, 2.75) is 37.9 Å². The minimum absolute atomic E-state index is 0.183. The minimum atomic E-state index is -1.14. The summed E-state index contributed by atoms with van der Waals surface area (Å²) >= 11 is 0. The molecule has 4 atom stereocenters. The van der Waals surface area contributed by atoms with Crippen LogP contribution < -0.4 is 0 Å². The van der Waals surface area contributed by atoms with Gasteiger partial charge < -0.3 is 20.1 Å². The van der Waals surface area contributed by atoms with E-state index in [2.05, 4.69) is 0 Å². The predicted molar refractivity (Wildman–Crippen MR) is 33.2 cm³/mol. The average Bonchev–Trinajstić information content (AvgIpc) is 1.84. The first-order valence-electron chi connectivity index (χ1n) is 3.31. The van der Waals surface area contributed by atoms with Crippen molar-refractivity contribution in [3.05, 3.63) is 0 Å². The molecule has 4 heteroatoms. The zero-order valence-electron chi connectivity index (χ0n) is 5.77. The minimum Gasteiger partial charge on any atom is -0.390 e. The summed E-state index contributed by atoms with van der Waals surface area (Å²) in [7, 11) is 0. The molecular weight excluding hydrogens is 136 g/mol. The first-order valence-corrected chi connectivity index (χ1v) is 3.31. The third-order valence-corrected chi connectivity index (χ3v) is 1.71. The molecule has 0 radical (unpaired) electrons. The molecule has 1 fully saturated rings. The Bertz CT molecular complexity index is 90.3. The number of hydrogen-bond donors (Lipinski definition) is 3. The number of aliphatic hydroxyl groups excluding tert-OH is 3. The molecule has 1 saturated heterocycles. The van der Waals surface area contributed by atoms with Crippen molar-refractivity contribution in [1.29, 1.82) is 0 Å². The summed E-state index contributed by atoms with van der Waals surface area (Å²) in [4.78, 5) is 0. The Morgan fingerprint density at radius 2 is 1.80 bits per heavy atom. The third kappa shape index (κ3) is 1.46. The van der Waals surface area contributed by atoms with Crippen LogP contribution in [0.15, 0.2) is 0 Å². The molecule has 10 heavy (non-hydrogen) atoms. The predicted octanol–water partition coefficient (Wildman–Crippen LogP) is -1.16. The lowest BCUT2D eigenvalue weighted by molar-refractivity contribution is -0.240. The van der Waals surface area contributed by atoms with Gasteiger partial charge in [-0.05, 0) is 6.92 Å². The second-order valence-corrected chi connectivity index (χ2v) is 2.60. The summed E-state index contributed by atoms with van der Waals surface area (Å²) in [6.45, 7) is 1.65. The lowest BCUT2D eigenvalue weighted by Gasteiger charge is -2.32. The molecule has 0 aromatic heterocycles. The van der Waals surface area contributed by atoms with Gasteiger partial charge in [-0.2, -0.15) is 0 Å². The molecule has 0 bridgehead atoms. The van der Waals surface area contributed by atoms with Gasteiger partial charge in [0.2, 0.25) is 0 Å². The summed E-state index contributed by atoms with van der Waals surface area (Å²) < 4.78 is 4.77. The quantitative estimate of drug-likeness (QED) is 0.405. The van der Waals surface area contributed by atoms with Crippen LogP contribution in [0.25, 0.3) is 0 Å². The molecule has 0 aromatic rings. The molecule has 60 valence electrons. The molecule has 0 aromatic carbocycles. The third-order valence-electron chi connectivity index (χ3n) is 1.71. The first kappa shape index (κ1) is 7.94. The van der Waals surface area contributed by atoms with Gasteiger partial charge in [-0.3, -0.25) is 0 Å². The normalized spacial score (nSPS) is 49.2. The fourth-order valence-corrected chi connectivity index (χ4v) is 0.957. The van der Waals surface area contributed by atoms with Crippen molar-refractivity contribution >= 4 is 0 Å². The van der Waals surface area contributed by atoms with Crippen LogP contribution in [0.2, 0.25) is 0 Å². The van der Waals surface area contributed by atoms with Gasteiger partial charge in [-0.1, -0.05) is 0 Å². The topological polar surface area (TPSA) is 69.9 Å². The maximum Gasteiger partial charge on any atom is 0.181 e. The van der Waals surface area contributed by atoms with Gasteiger partial charge in [0.15, 0.2) is 6.29 Å². The molecule has 1 rings (SSSR count). The lowest BCUT2D eigenvalue weighted by Crippen LogP contribution is -2.45. The van der Waals surface area contributed by atoms with Crippen LogP contribution in [-0.2, 0) is 4.74 Å². The monoisotopic (exact) mass is 148 g/mol. The average molecular weight is 148 g/mol. The molecule has 1 heterocycles. The van der Waals surface area contributed by atoms with Crippen molar-refractivity contribution in [1.82, 2.24) is 0 Å². The summed E-state index contributed by atoms with van der Waals surface area (Å²) in [6, 6.07) is 0. The van der Waals surface area contributed by atoms with Gasteiger partial charge in [0.25, 0.3) is 0 Å². The van der Waals surface area contributed by atoms with Crippen molar-refractivity contribution in [3.63, 3.8) is 0 Å². The van der Waals surface area contributed by atoms with E-state index in [1.165, 1.54) is 0 Å². The standard InChI is InChI=1S/C6H12O4/c1-3-4(7)2-5(8)6(9)10-3/h3-9H,2H2,1H3/t3-,4-,5+,6+/m1/s1. The van der Waals surface area contributed by atoms with Gasteiger partial charge in [0.1, 0.15) is 6.10 Å². The molecule has 0 saturated carbocycles. The zero-order valence-corrected chi connectivity index (χ0v) is 5.77. The van der Waals surface area contributed by atoms with E-state index in [4.69, 9.17) is 20.1 Å². The summed E-state index contributed by atoms with van der Waals surface area (Å²) in [5.74, 6) is 0. The maximum absolute atomic E-state index is 9.07. The Kier molecular flexibility index (Phi) is 2.25. The molecule has 0 spiro atoms. The molecular formula is C6H12O4. The van der Waals surface area contributed by atoms with Gasteiger partial charge >= 0.3 is 0 Å². The van der Waals surface area contributed by atoms with E-state index in [0.717, 1.165) is 0 Å². The Balaban J connectivity index is 2.46. The van der Waals surface area contributed by atoms with Crippen LogP contribution in [0, 0.1) is 0 Å². The fourth-order valence-electron chi connectivity index (χ4n) is 0.957. The number of hydrogen-bond acceptors (Lipinski definition) is 4. The van der Waals surface area contributed by atoms with Crippen molar-refractivity contribution in [2.24, 2.45) is 0 Å². The Hall–Kier alpha value is -0.160. The second kappa shape index (κ2) is 2.84. The SMILES string of the molecule is C[C@H]1O[C@H](O)[C@@H](O)C[C@H]1O. The molecule has 1 aliphatic rings. The summed E-state index contributed by atoms with van der Waals surface area (Å²) in [5, 5.41) is 26.9. The van der Waals surface area contributed by atoms with Crippen LogP contribution in [0.3, 0.4) is 0 Å². The fraction of sp³-hybridized carbons (Fsp3) is 1.00. The van der Waals surface area contributed by atoms with E-state index in [1.807, 2.05) is 0 Å². The Morgan fingerprint density at radius 3 is 2.30 bits per heavy atom. The van der Waals surface area contributed by atoms with Gasteiger partial charge in [-0.25, -0.2) is 0 Å². The van der Waals surface area contributed by atoms with E-state index in [0.29, 0.717) is 0 Å². The zero-order chi connectivity index (χ0) is 7.72. The van der Waals surface area contributed by atoms with Crippen LogP contribution in [0.5, 0.6) is 0 Å². The van der Waals surface area contributed by atoms with Crippen LogP contribution in [-0.4, -0.2) is 39.9 Å².